The van der Waals surface area contributed by atoms with E-state index in [4.69, 9.17) is 21.1 Å². The highest BCUT2D eigenvalue weighted by atomic mass is 35.5. The number of halogens is 1. The van der Waals surface area contributed by atoms with Gasteiger partial charge >= 0.3 is 5.97 Å². The Morgan fingerprint density at radius 3 is 2.65 bits per heavy atom. The van der Waals surface area contributed by atoms with E-state index in [0.717, 1.165) is 11.4 Å². The van der Waals surface area contributed by atoms with Gasteiger partial charge in [-0.15, -0.1) is 0 Å². The van der Waals surface area contributed by atoms with Crippen molar-refractivity contribution in [2.75, 3.05) is 20.3 Å². The number of hydrogen-bond donors (Lipinski definition) is 0. The molecule has 0 spiro atoms. The summed E-state index contributed by atoms with van der Waals surface area (Å²) in [5.41, 5.74) is 3.15. The van der Waals surface area contributed by atoms with E-state index in [1.807, 2.05) is 12.1 Å². The van der Waals surface area contributed by atoms with Crippen LogP contribution in [0.1, 0.15) is 39.0 Å². The van der Waals surface area contributed by atoms with Crippen molar-refractivity contribution in [3.05, 3.63) is 76.1 Å². The lowest BCUT2D eigenvalue weighted by Gasteiger charge is -2.28. The molecule has 1 aliphatic heterocycles. The maximum absolute atomic E-state index is 13.1. The molecule has 3 aromatic rings. The van der Waals surface area contributed by atoms with Crippen LogP contribution in [0.4, 0.5) is 0 Å². The molecule has 0 aliphatic carbocycles. The van der Waals surface area contributed by atoms with Gasteiger partial charge in [0.25, 0.3) is 5.91 Å². The Morgan fingerprint density at radius 1 is 1.16 bits per heavy atom. The van der Waals surface area contributed by atoms with Gasteiger partial charge in [0, 0.05) is 29.1 Å². The minimum atomic E-state index is -0.498. The highest BCUT2D eigenvalue weighted by molar-refractivity contribution is 6.30. The van der Waals surface area contributed by atoms with E-state index in [0.29, 0.717) is 34.9 Å². The Labute approximate surface area is 185 Å². The van der Waals surface area contributed by atoms with Gasteiger partial charge in [0.2, 0.25) is 0 Å². The quantitative estimate of drug-likeness (QED) is 0.563. The molecule has 2 aromatic carbocycles. The van der Waals surface area contributed by atoms with Crippen molar-refractivity contribution in [1.29, 1.82) is 0 Å². The summed E-state index contributed by atoms with van der Waals surface area (Å²) in [5, 5.41) is 5.16. The van der Waals surface area contributed by atoms with Gasteiger partial charge in [0.15, 0.2) is 5.69 Å². The predicted molar refractivity (Wildman–Crippen MR) is 116 cm³/mol. The van der Waals surface area contributed by atoms with Crippen molar-refractivity contribution in [2.24, 2.45) is 0 Å². The maximum Gasteiger partial charge on any atom is 0.359 e. The van der Waals surface area contributed by atoms with Crippen molar-refractivity contribution in [1.82, 2.24) is 14.7 Å². The molecule has 0 radical (unpaired) electrons. The van der Waals surface area contributed by atoms with Crippen molar-refractivity contribution in [2.45, 2.75) is 19.9 Å². The summed E-state index contributed by atoms with van der Waals surface area (Å²) < 4.78 is 12.2. The molecular weight excluding hydrogens is 418 g/mol. The molecule has 0 saturated heterocycles. The lowest BCUT2D eigenvalue weighted by atomic mass is 10.0. The normalized spacial score (nSPS) is 12.9. The number of benzene rings is 2. The van der Waals surface area contributed by atoms with Gasteiger partial charge in [-0.25, -0.2) is 9.48 Å². The number of ether oxygens (including phenoxy) is 2. The molecule has 0 bridgehead atoms. The molecule has 7 nitrogen and oxygen atoms in total. The summed E-state index contributed by atoms with van der Waals surface area (Å²) in [6, 6.07) is 14.3. The molecule has 0 fully saturated rings. The summed E-state index contributed by atoms with van der Waals surface area (Å²) in [5.74, 6) is -0.00735. The molecule has 1 aliphatic rings. The Balaban J connectivity index is 1.70. The van der Waals surface area contributed by atoms with Gasteiger partial charge in [-0.3, -0.25) is 4.79 Å². The van der Waals surface area contributed by atoms with E-state index in [1.54, 1.807) is 60.0 Å². The average Bonchev–Trinajstić information content (AvgIpc) is 3.18. The van der Waals surface area contributed by atoms with Gasteiger partial charge in [0.1, 0.15) is 5.75 Å². The van der Waals surface area contributed by atoms with Gasteiger partial charge in [-0.2, -0.15) is 5.10 Å². The first kappa shape index (κ1) is 20.9. The highest BCUT2D eigenvalue weighted by Crippen LogP contribution is 2.28. The molecule has 1 aromatic heterocycles. The number of carbonyl (C=O) groups excluding carboxylic acids is 2. The van der Waals surface area contributed by atoms with E-state index in [9.17, 15) is 9.59 Å². The molecular formula is C23H22ClN3O4. The van der Waals surface area contributed by atoms with Gasteiger partial charge < -0.3 is 14.4 Å². The van der Waals surface area contributed by atoms with Crippen molar-refractivity contribution in [3.8, 4) is 11.4 Å². The van der Waals surface area contributed by atoms with Crippen LogP contribution in [0.5, 0.6) is 5.75 Å². The van der Waals surface area contributed by atoms with E-state index < -0.39 is 5.97 Å². The third-order valence-corrected chi connectivity index (χ3v) is 5.45. The molecule has 0 N–H and O–H groups in total. The highest BCUT2D eigenvalue weighted by Gasteiger charge is 2.31. The molecule has 160 valence electrons. The number of nitrogens with zero attached hydrogens (tertiary/aromatic N) is 3. The summed E-state index contributed by atoms with van der Waals surface area (Å²) in [6.07, 6.45) is 0.556. The summed E-state index contributed by atoms with van der Waals surface area (Å²) in [6.45, 7) is 2.77. The first-order valence-corrected chi connectivity index (χ1v) is 10.4. The first-order chi connectivity index (χ1) is 15.0. The number of hydrogen-bond acceptors (Lipinski definition) is 5. The number of aromatic nitrogens is 2. The van der Waals surface area contributed by atoms with Crippen LogP contribution >= 0.6 is 11.6 Å². The standard InChI is InChI=1S/C23H22ClN3O4/c1-3-31-23(29)21-19-14-26(22(28)15-5-4-6-18(13-15)30-2)12-11-20(19)27(25-21)17-9-7-16(24)8-10-17/h4-10,13H,3,11-12,14H2,1-2H3. The molecule has 2 heterocycles. The fourth-order valence-electron chi connectivity index (χ4n) is 3.69. The number of amides is 1. The van der Waals surface area contributed by atoms with Crippen LogP contribution in [0, 0.1) is 0 Å². The zero-order valence-corrected chi connectivity index (χ0v) is 18.1. The lowest BCUT2D eigenvalue weighted by molar-refractivity contribution is 0.0513. The Hall–Kier alpha value is -3.32. The topological polar surface area (TPSA) is 73.7 Å². The van der Waals surface area contributed by atoms with Crippen LogP contribution in [-0.2, 0) is 17.7 Å². The molecule has 8 heteroatoms. The van der Waals surface area contributed by atoms with Crippen LogP contribution in [0.25, 0.3) is 5.69 Å². The minimum absolute atomic E-state index is 0.126. The summed E-state index contributed by atoms with van der Waals surface area (Å²) in [7, 11) is 1.56. The predicted octanol–water partition coefficient (Wildman–Crippen LogP) is 3.91. The Kier molecular flexibility index (Phi) is 5.95. The molecule has 31 heavy (non-hydrogen) atoms. The van der Waals surface area contributed by atoms with Crippen LogP contribution < -0.4 is 4.74 Å². The molecule has 0 saturated carbocycles. The zero-order chi connectivity index (χ0) is 22.0. The number of carbonyl (C=O) groups is 2. The SMILES string of the molecule is CCOC(=O)c1nn(-c2ccc(Cl)cc2)c2c1CN(C(=O)c1cccc(OC)c1)CC2. The molecule has 4 rings (SSSR count). The van der Waals surface area contributed by atoms with E-state index in [-0.39, 0.29) is 24.8 Å². The third-order valence-electron chi connectivity index (χ3n) is 5.20. The first-order valence-electron chi connectivity index (χ1n) is 9.99. The second kappa shape index (κ2) is 8.81. The summed E-state index contributed by atoms with van der Waals surface area (Å²) >= 11 is 6.02. The van der Waals surface area contributed by atoms with Gasteiger partial charge in [-0.05, 0) is 49.4 Å². The Morgan fingerprint density at radius 2 is 1.94 bits per heavy atom. The van der Waals surface area contributed by atoms with Gasteiger partial charge in [-0.1, -0.05) is 17.7 Å². The van der Waals surface area contributed by atoms with E-state index >= 15 is 0 Å². The molecule has 0 unspecified atom stereocenters. The van der Waals surface area contributed by atoms with Crippen molar-refractivity contribution >= 4 is 23.5 Å². The average molecular weight is 440 g/mol. The Bertz CT molecular complexity index is 1120. The number of rotatable bonds is 5. The smallest absolute Gasteiger partial charge is 0.359 e. The molecule has 0 atom stereocenters. The third kappa shape index (κ3) is 4.14. The molecule has 1 amide bonds. The summed E-state index contributed by atoms with van der Waals surface area (Å²) in [4.78, 5) is 27.4. The van der Waals surface area contributed by atoms with Crippen LogP contribution in [0.3, 0.4) is 0 Å². The minimum Gasteiger partial charge on any atom is -0.497 e. The van der Waals surface area contributed by atoms with Crippen LogP contribution in [-0.4, -0.2) is 46.8 Å². The number of esters is 1. The zero-order valence-electron chi connectivity index (χ0n) is 17.3. The van der Waals surface area contributed by atoms with Crippen molar-refractivity contribution < 1.29 is 19.1 Å². The van der Waals surface area contributed by atoms with Crippen molar-refractivity contribution in [3.63, 3.8) is 0 Å². The second-order valence-corrected chi connectivity index (χ2v) is 7.53. The number of methoxy groups -OCH3 is 1. The number of fused-ring (bicyclic) bond motifs is 1. The van der Waals surface area contributed by atoms with Crippen LogP contribution in [0.15, 0.2) is 48.5 Å². The largest absolute Gasteiger partial charge is 0.497 e. The van der Waals surface area contributed by atoms with Crippen LogP contribution in [0.2, 0.25) is 5.02 Å². The lowest BCUT2D eigenvalue weighted by Crippen LogP contribution is -2.36. The van der Waals surface area contributed by atoms with E-state index in [1.165, 1.54) is 0 Å². The van der Waals surface area contributed by atoms with Gasteiger partial charge in [0.05, 0.1) is 31.6 Å². The fourth-order valence-corrected chi connectivity index (χ4v) is 3.82. The maximum atomic E-state index is 13.1. The monoisotopic (exact) mass is 439 g/mol. The fraction of sp³-hybridized carbons (Fsp3) is 0.261. The van der Waals surface area contributed by atoms with E-state index in [2.05, 4.69) is 5.10 Å². The second-order valence-electron chi connectivity index (χ2n) is 7.09.